The third-order valence-electron chi connectivity index (χ3n) is 3.37. The number of piperazine rings is 1. The Hall–Kier alpha value is -0.650. The van der Waals surface area contributed by atoms with Gasteiger partial charge in [0.2, 0.25) is 0 Å². The maximum absolute atomic E-state index is 11.6. The van der Waals surface area contributed by atoms with Gasteiger partial charge >= 0.3 is 5.97 Å². The zero-order valence-corrected chi connectivity index (χ0v) is 10.3. The van der Waals surface area contributed by atoms with E-state index in [2.05, 4.69) is 5.32 Å². The Kier molecular flexibility index (Phi) is 4.70. The second kappa shape index (κ2) is 5.61. The van der Waals surface area contributed by atoms with Crippen LogP contribution in [-0.4, -0.2) is 61.4 Å². The fourth-order valence-electron chi connectivity index (χ4n) is 2.35. The van der Waals surface area contributed by atoms with Crippen molar-refractivity contribution in [3.63, 3.8) is 0 Å². The van der Waals surface area contributed by atoms with E-state index in [4.69, 9.17) is 4.74 Å². The Balaban J connectivity index is 2.93. The lowest BCUT2D eigenvalue weighted by Crippen LogP contribution is -2.65. The first kappa shape index (κ1) is 13.4. The molecule has 1 rings (SSSR count). The quantitative estimate of drug-likeness (QED) is 0.697. The van der Waals surface area contributed by atoms with E-state index in [1.807, 2.05) is 18.7 Å². The van der Waals surface area contributed by atoms with Gasteiger partial charge < -0.3 is 15.2 Å². The molecule has 1 saturated heterocycles. The summed E-state index contributed by atoms with van der Waals surface area (Å²) in [6.45, 7) is 7.31. The Labute approximate surface area is 96.8 Å². The van der Waals surface area contributed by atoms with Gasteiger partial charge in [0.25, 0.3) is 0 Å². The van der Waals surface area contributed by atoms with Gasteiger partial charge in [-0.15, -0.1) is 0 Å². The minimum absolute atomic E-state index is 0.0167. The van der Waals surface area contributed by atoms with Crippen LogP contribution in [0.3, 0.4) is 0 Å². The Morgan fingerprint density at radius 2 is 2.06 bits per heavy atom. The van der Waals surface area contributed by atoms with Gasteiger partial charge in [0.1, 0.15) is 5.54 Å². The van der Waals surface area contributed by atoms with Crippen LogP contribution in [0.2, 0.25) is 0 Å². The summed E-state index contributed by atoms with van der Waals surface area (Å²) in [4.78, 5) is 13.6. The zero-order valence-electron chi connectivity index (χ0n) is 10.3. The molecule has 0 saturated carbocycles. The van der Waals surface area contributed by atoms with Gasteiger partial charge in [0.05, 0.1) is 6.61 Å². The highest BCUT2D eigenvalue weighted by atomic mass is 16.5. The molecule has 5 nitrogen and oxygen atoms in total. The molecule has 1 aliphatic rings. The number of aliphatic carboxylic acids is 1. The monoisotopic (exact) mass is 230 g/mol. The molecule has 0 spiro atoms. The summed E-state index contributed by atoms with van der Waals surface area (Å²) in [5, 5.41) is 12.8. The van der Waals surface area contributed by atoms with Gasteiger partial charge in [0.15, 0.2) is 0 Å². The van der Waals surface area contributed by atoms with Gasteiger partial charge in [-0.05, 0) is 5.92 Å². The smallest absolute Gasteiger partial charge is 0.326 e. The number of nitrogens with one attached hydrogen (secondary N) is 1. The Morgan fingerprint density at radius 1 is 1.50 bits per heavy atom. The molecule has 1 unspecified atom stereocenters. The molecule has 1 atom stereocenters. The van der Waals surface area contributed by atoms with E-state index in [0.717, 1.165) is 26.2 Å². The van der Waals surface area contributed by atoms with Crippen LogP contribution in [-0.2, 0) is 9.53 Å². The molecule has 0 radical (unpaired) electrons. The summed E-state index contributed by atoms with van der Waals surface area (Å²) >= 11 is 0. The minimum atomic E-state index is -0.892. The van der Waals surface area contributed by atoms with E-state index in [1.165, 1.54) is 0 Å². The number of nitrogens with zero attached hydrogens (tertiary/aromatic N) is 1. The van der Waals surface area contributed by atoms with Crippen LogP contribution in [0.1, 0.15) is 13.8 Å². The average Bonchev–Trinajstić information content (AvgIpc) is 2.26. The third kappa shape index (κ3) is 2.36. The first-order valence-corrected chi connectivity index (χ1v) is 5.73. The Morgan fingerprint density at radius 3 is 2.44 bits per heavy atom. The normalized spacial score (nSPS) is 22.0. The number of ether oxygens (including phenoxy) is 1. The zero-order chi connectivity index (χ0) is 12.2. The molecular weight excluding hydrogens is 208 g/mol. The van der Waals surface area contributed by atoms with Crippen molar-refractivity contribution in [1.29, 1.82) is 0 Å². The summed E-state index contributed by atoms with van der Waals surface area (Å²) in [6.07, 6.45) is 0. The number of hydrogen-bond donors (Lipinski definition) is 2. The number of carbonyl (C=O) groups is 1. The summed E-state index contributed by atoms with van der Waals surface area (Å²) in [7, 11) is 1.56. The van der Waals surface area contributed by atoms with Crippen LogP contribution in [0.15, 0.2) is 0 Å². The van der Waals surface area contributed by atoms with Crippen LogP contribution in [0, 0.1) is 5.92 Å². The first-order valence-electron chi connectivity index (χ1n) is 5.73. The minimum Gasteiger partial charge on any atom is -0.480 e. The second-order valence-corrected chi connectivity index (χ2v) is 4.55. The largest absolute Gasteiger partial charge is 0.480 e. The highest BCUT2D eigenvalue weighted by molar-refractivity contribution is 5.79. The van der Waals surface area contributed by atoms with Crippen molar-refractivity contribution >= 4 is 5.97 Å². The molecule has 5 heteroatoms. The van der Waals surface area contributed by atoms with Crippen molar-refractivity contribution in [3.8, 4) is 0 Å². The molecule has 0 aliphatic carbocycles. The lowest BCUT2D eigenvalue weighted by Gasteiger charge is -2.44. The van der Waals surface area contributed by atoms with Gasteiger partial charge in [-0.3, -0.25) is 9.69 Å². The molecule has 0 aromatic carbocycles. The van der Waals surface area contributed by atoms with E-state index in [9.17, 15) is 9.90 Å². The highest BCUT2D eigenvalue weighted by Gasteiger charge is 2.47. The lowest BCUT2D eigenvalue weighted by atomic mass is 9.84. The van der Waals surface area contributed by atoms with Gasteiger partial charge in [-0.2, -0.15) is 0 Å². The maximum Gasteiger partial charge on any atom is 0.326 e. The summed E-state index contributed by atoms with van der Waals surface area (Å²) in [5.41, 5.74) is -0.892. The van der Waals surface area contributed by atoms with E-state index in [0.29, 0.717) is 0 Å². The van der Waals surface area contributed by atoms with Crippen molar-refractivity contribution in [1.82, 2.24) is 10.2 Å². The Bertz CT molecular complexity index is 239. The molecule has 0 aromatic heterocycles. The lowest BCUT2D eigenvalue weighted by molar-refractivity contribution is -0.161. The maximum atomic E-state index is 11.6. The van der Waals surface area contributed by atoms with Crippen molar-refractivity contribution in [2.24, 2.45) is 5.92 Å². The van der Waals surface area contributed by atoms with Crippen LogP contribution in [0.5, 0.6) is 0 Å². The molecule has 1 fully saturated rings. The number of carboxylic acid groups (broad SMARTS) is 1. The fraction of sp³-hybridized carbons (Fsp3) is 0.909. The molecule has 0 amide bonds. The van der Waals surface area contributed by atoms with Crippen molar-refractivity contribution in [3.05, 3.63) is 0 Å². The molecule has 16 heavy (non-hydrogen) atoms. The highest BCUT2D eigenvalue weighted by Crippen LogP contribution is 2.26. The molecule has 0 aromatic rings. The van der Waals surface area contributed by atoms with E-state index in [-0.39, 0.29) is 12.5 Å². The standard InChI is InChI=1S/C11H22N2O3/c1-9(2)11(8-16-3,10(14)15)13-6-4-12-5-7-13/h9,12H,4-8H2,1-3H3,(H,14,15). The SMILES string of the molecule is COCC(C(=O)O)(C(C)C)N1CCNCC1. The molecule has 0 bridgehead atoms. The van der Waals surface area contributed by atoms with Crippen molar-refractivity contribution < 1.29 is 14.6 Å². The number of carboxylic acids is 1. The van der Waals surface area contributed by atoms with Gasteiger partial charge in [-0.1, -0.05) is 13.8 Å². The fourth-order valence-corrected chi connectivity index (χ4v) is 2.35. The molecule has 1 aliphatic heterocycles. The van der Waals surface area contributed by atoms with Gasteiger partial charge in [-0.25, -0.2) is 0 Å². The number of rotatable bonds is 5. The summed E-state index contributed by atoms with van der Waals surface area (Å²) < 4.78 is 5.14. The van der Waals surface area contributed by atoms with Crippen LogP contribution in [0.25, 0.3) is 0 Å². The molecule has 2 N–H and O–H groups in total. The summed E-state index contributed by atoms with van der Waals surface area (Å²) in [5.74, 6) is -0.769. The van der Waals surface area contributed by atoms with E-state index >= 15 is 0 Å². The van der Waals surface area contributed by atoms with Crippen LogP contribution < -0.4 is 5.32 Å². The topological polar surface area (TPSA) is 61.8 Å². The van der Waals surface area contributed by atoms with Crippen molar-refractivity contribution in [2.45, 2.75) is 19.4 Å². The van der Waals surface area contributed by atoms with Gasteiger partial charge in [0, 0.05) is 33.3 Å². The number of methoxy groups -OCH3 is 1. The average molecular weight is 230 g/mol. The third-order valence-corrected chi connectivity index (χ3v) is 3.37. The predicted octanol–water partition coefficient (Wildman–Crippen LogP) is 0.0174. The summed E-state index contributed by atoms with van der Waals surface area (Å²) in [6, 6.07) is 0. The second-order valence-electron chi connectivity index (χ2n) is 4.55. The van der Waals surface area contributed by atoms with Crippen LogP contribution >= 0.6 is 0 Å². The molecule has 1 heterocycles. The first-order chi connectivity index (χ1) is 7.55. The number of hydrogen-bond acceptors (Lipinski definition) is 4. The van der Waals surface area contributed by atoms with E-state index < -0.39 is 11.5 Å². The molecule has 94 valence electrons. The van der Waals surface area contributed by atoms with Crippen LogP contribution in [0.4, 0.5) is 0 Å². The van der Waals surface area contributed by atoms with E-state index in [1.54, 1.807) is 7.11 Å². The predicted molar refractivity (Wildman–Crippen MR) is 61.5 cm³/mol. The van der Waals surface area contributed by atoms with Crippen molar-refractivity contribution in [2.75, 3.05) is 39.9 Å². The molecular formula is C11H22N2O3.